The standard InChI is InChI=1S/C14H16ClN3O2/c15-13-5-2-1-4-11(13)10-18-14(20)12(8-16)9-17-6-3-7-19/h1-2,4-5,9,17,19H,3,6-7,10H2,(H,18,20)/b12-9-. The van der Waals surface area contributed by atoms with Crippen molar-refractivity contribution in [3.63, 3.8) is 0 Å². The monoisotopic (exact) mass is 293 g/mol. The first-order valence-electron chi connectivity index (χ1n) is 6.15. The van der Waals surface area contributed by atoms with Crippen molar-refractivity contribution in [3.05, 3.63) is 46.6 Å². The van der Waals surface area contributed by atoms with Crippen LogP contribution in [0, 0.1) is 11.3 Å². The van der Waals surface area contributed by atoms with Crippen LogP contribution in [0.3, 0.4) is 0 Å². The van der Waals surface area contributed by atoms with Crippen molar-refractivity contribution in [1.82, 2.24) is 10.6 Å². The number of amides is 1. The minimum atomic E-state index is -0.469. The number of carbonyl (C=O) groups excluding carboxylic acids is 1. The molecule has 0 fully saturated rings. The van der Waals surface area contributed by atoms with Crippen LogP contribution >= 0.6 is 11.6 Å². The quantitative estimate of drug-likeness (QED) is 0.402. The van der Waals surface area contributed by atoms with Gasteiger partial charge in [0.2, 0.25) is 0 Å². The lowest BCUT2D eigenvalue weighted by atomic mass is 10.2. The van der Waals surface area contributed by atoms with Gasteiger partial charge >= 0.3 is 0 Å². The topological polar surface area (TPSA) is 85.2 Å². The Bertz CT molecular complexity index is 523. The largest absolute Gasteiger partial charge is 0.396 e. The van der Waals surface area contributed by atoms with Crippen molar-refractivity contribution in [2.24, 2.45) is 0 Å². The number of carbonyl (C=O) groups is 1. The summed E-state index contributed by atoms with van der Waals surface area (Å²) in [6, 6.07) is 8.99. The van der Waals surface area contributed by atoms with Crippen molar-refractivity contribution in [2.45, 2.75) is 13.0 Å². The lowest BCUT2D eigenvalue weighted by molar-refractivity contribution is -0.117. The van der Waals surface area contributed by atoms with Gasteiger partial charge in [-0.2, -0.15) is 5.26 Å². The van der Waals surface area contributed by atoms with Crippen molar-refractivity contribution >= 4 is 17.5 Å². The average molecular weight is 294 g/mol. The summed E-state index contributed by atoms with van der Waals surface area (Å²) in [5.74, 6) is -0.469. The zero-order valence-electron chi connectivity index (χ0n) is 10.9. The predicted molar refractivity (Wildman–Crippen MR) is 76.7 cm³/mol. The molecule has 5 nitrogen and oxygen atoms in total. The first-order chi connectivity index (χ1) is 9.69. The first-order valence-corrected chi connectivity index (χ1v) is 6.53. The average Bonchev–Trinajstić information content (AvgIpc) is 2.46. The molecule has 3 N–H and O–H groups in total. The van der Waals surface area contributed by atoms with Crippen LogP contribution in [0.4, 0.5) is 0 Å². The zero-order valence-corrected chi connectivity index (χ0v) is 11.7. The Hall–Kier alpha value is -2.03. The molecule has 0 unspecified atom stereocenters. The van der Waals surface area contributed by atoms with Crippen LogP contribution in [0.25, 0.3) is 0 Å². The summed E-state index contributed by atoms with van der Waals surface area (Å²) in [4.78, 5) is 11.8. The third-order valence-electron chi connectivity index (χ3n) is 2.49. The molecule has 0 saturated heterocycles. The normalized spacial score (nSPS) is 10.8. The molecule has 0 aliphatic heterocycles. The number of aliphatic hydroxyl groups excluding tert-OH is 1. The van der Waals surface area contributed by atoms with Gasteiger partial charge in [0, 0.05) is 30.9 Å². The van der Waals surface area contributed by atoms with E-state index in [1.807, 2.05) is 12.1 Å². The summed E-state index contributed by atoms with van der Waals surface area (Å²) in [6.07, 6.45) is 1.90. The van der Waals surface area contributed by atoms with Crippen molar-refractivity contribution in [2.75, 3.05) is 13.2 Å². The first kappa shape index (κ1) is 16.0. The van der Waals surface area contributed by atoms with E-state index in [0.29, 0.717) is 18.0 Å². The number of benzene rings is 1. The fraction of sp³-hybridized carbons (Fsp3) is 0.286. The Labute approximate surface area is 122 Å². The Kier molecular flexibility index (Phi) is 7.18. The molecular weight excluding hydrogens is 278 g/mol. The molecule has 1 rings (SSSR count). The summed E-state index contributed by atoms with van der Waals surface area (Å²) in [5.41, 5.74) is 0.767. The number of nitrogens with one attached hydrogen (secondary N) is 2. The number of nitrogens with zero attached hydrogens (tertiary/aromatic N) is 1. The summed E-state index contributed by atoms with van der Waals surface area (Å²) in [6.45, 7) is 0.815. The van der Waals surface area contributed by atoms with E-state index in [2.05, 4.69) is 10.6 Å². The predicted octanol–water partition coefficient (Wildman–Crippen LogP) is 1.34. The lowest BCUT2D eigenvalue weighted by Crippen LogP contribution is -2.25. The molecule has 1 aromatic carbocycles. The van der Waals surface area contributed by atoms with E-state index in [-0.39, 0.29) is 18.7 Å². The number of nitriles is 1. The van der Waals surface area contributed by atoms with Gasteiger partial charge in [0.25, 0.3) is 5.91 Å². The van der Waals surface area contributed by atoms with Crippen molar-refractivity contribution < 1.29 is 9.90 Å². The van der Waals surface area contributed by atoms with Gasteiger partial charge in [-0.1, -0.05) is 29.8 Å². The molecule has 0 aliphatic carbocycles. The summed E-state index contributed by atoms with van der Waals surface area (Å²) in [7, 11) is 0. The smallest absolute Gasteiger partial charge is 0.263 e. The van der Waals surface area contributed by atoms with Gasteiger partial charge in [-0.25, -0.2) is 0 Å². The highest BCUT2D eigenvalue weighted by atomic mass is 35.5. The molecule has 0 aliphatic rings. The molecule has 20 heavy (non-hydrogen) atoms. The van der Waals surface area contributed by atoms with Gasteiger partial charge in [0.1, 0.15) is 11.6 Å². The highest BCUT2D eigenvalue weighted by Gasteiger charge is 2.09. The molecular formula is C14H16ClN3O2. The molecule has 6 heteroatoms. The van der Waals surface area contributed by atoms with Gasteiger partial charge in [-0.3, -0.25) is 4.79 Å². The van der Waals surface area contributed by atoms with Crippen LogP contribution in [-0.2, 0) is 11.3 Å². The van der Waals surface area contributed by atoms with Crippen LogP contribution in [0.15, 0.2) is 36.0 Å². The number of hydrogen-bond acceptors (Lipinski definition) is 4. The number of aliphatic hydroxyl groups is 1. The summed E-state index contributed by atoms with van der Waals surface area (Å²) < 4.78 is 0. The van der Waals surface area contributed by atoms with Gasteiger partial charge < -0.3 is 15.7 Å². The second-order valence-corrected chi connectivity index (χ2v) is 4.38. The number of rotatable bonds is 7. The zero-order chi connectivity index (χ0) is 14.8. The molecule has 1 aromatic rings. The molecule has 0 radical (unpaired) electrons. The minimum Gasteiger partial charge on any atom is -0.396 e. The van der Waals surface area contributed by atoms with Crippen LogP contribution in [-0.4, -0.2) is 24.2 Å². The van der Waals surface area contributed by atoms with E-state index in [9.17, 15) is 4.79 Å². The molecule has 0 aromatic heterocycles. The molecule has 0 atom stereocenters. The van der Waals surface area contributed by atoms with E-state index in [1.165, 1.54) is 6.20 Å². The van der Waals surface area contributed by atoms with Gasteiger partial charge in [-0.15, -0.1) is 0 Å². The third-order valence-corrected chi connectivity index (χ3v) is 2.86. The molecule has 0 spiro atoms. The SMILES string of the molecule is N#C/C(=C/NCCCO)C(=O)NCc1ccccc1Cl. The summed E-state index contributed by atoms with van der Waals surface area (Å²) >= 11 is 5.97. The molecule has 0 bridgehead atoms. The molecule has 0 saturated carbocycles. The molecule has 0 heterocycles. The Morgan fingerprint density at radius 3 is 2.85 bits per heavy atom. The summed E-state index contributed by atoms with van der Waals surface area (Å²) in [5, 5.41) is 23.5. The third kappa shape index (κ3) is 5.31. The fourth-order valence-corrected chi connectivity index (χ4v) is 1.62. The molecule has 1 amide bonds. The van der Waals surface area contributed by atoms with Gasteiger partial charge in [-0.05, 0) is 18.1 Å². The van der Waals surface area contributed by atoms with Crippen molar-refractivity contribution in [3.8, 4) is 6.07 Å². The van der Waals surface area contributed by atoms with Gasteiger partial charge in [0.05, 0.1) is 0 Å². The Balaban J connectivity index is 2.52. The highest BCUT2D eigenvalue weighted by Crippen LogP contribution is 2.14. The van der Waals surface area contributed by atoms with E-state index in [0.717, 1.165) is 5.56 Å². The number of hydrogen-bond donors (Lipinski definition) is 3. The highest BCUT2D eigenvalue weighted by molar-refractivity contribution is 6.31. The van der Waals surface area contributed by atoms with Crippen LogP contribution in [0.1, 0.15) is 12.0 Å². The van der Waals surface area contributed by atoms with Crippen molar-refractivity contribution in [1.29, 1.82) is 5.26 Å². The molecule has 106 valence electrons. The van der Waals surface area contributed by atoms with Crippen LogP contribution in [0.2, 0.25) is 5.02 Å². The maximum absolute atomic E-state index is 11.8. The fourth-order valence-electron chi connectivity index (χ4n) is 1.42. The van der Waals surface area contributed by atoms with E-state index in [4.69, 9.17) is 22.0 Å². The van der Waals surface area contributed by atoms with E-state index < -0.39 is 5.91 Å². The van der Waals surface area contributed by atoms with E-state index >= 15 is 0 Å². The van der Waals surface area contributed by atoms with Gasteiger partial charge in [0.15, 0.2) is 0 Å². The van der Waals surface area contributed by atoms with Crippen LogP contribution in [0.5, 0.6) is 0 Å². The Morgan fingerprint density at radius 2 is 2.20 bits per heavy atom. The minimum absolute atomic E-state index is 0.0185. The lowest BCUT2D eigenvalue weighted by Gasteiger charge is -2.06. The second-order valence-electron chi connectivity index (χ2n) is 3.98. The number of halogens is 1. The Morgan fingerprint density at radius 1 is 1.45 bits per heavy atom. The van der Waals surface area contributed by atoms with E-state index in [1.54, 1.807) is 18.2 Å². The second kappa shape index (κ2) is 8.97. The maximum atomic E-state index is 11.8. The maximum Gasteiger partial charge on any atom is 0.263 e. The van der Waals surface area contributed by atoms with Crippen LogP contribution < -0.4 is 10.6 Å².